The van der Waals surface area contributed by atoms with Crippen LogP contribution in [0.15, 0.2) is 36.9 Å². The van der Waals surface area contributed by atoms with Crippen molar-refractivity contribution in [1.82, 2.24) is 24.8 Å². The van der Waals surface area contributed by atoms with E-state index in [0.29, 0.717) is 54.8 Å². The van der Waals surface area contributed by atoms with E-state index >= 15 is 4.39 Å². The standard InChI is InChI=1S/C33H35F3N6O2/c1-19(34)31(43)41-10-7-28-29(41)17-42(28)30-24-11-26(36)23(25-15-37-14-20-5-2-3-6-22(20)25)12-27(24)38-32(39-30)44-18-33-8-4-9-40(33)16-21(35)13-33/h11-12,14-15,21,28-29H,1-10,13,16-18H2/t21-,28-,29-,33-/m1/s1. The van der Waals surface area contributed by atoms with E-state index in [2.05, 4.69) is 16.5 Å². The Morgan fingerprint density at radius 2 is 1.93 bits per heavy atom. The molecule has 0 saturated carbocycles. The summed E-state index contributed by atoms with van der Waals surface area (Å²) in [4.78, 5) is 32.1. The zero-order chi connectivity index (χ0) is 30.2. The summed E-state index contributed by atoms with van der Waals surface area (Å²) < 4.78 is 50.5. The van der Waals surface area contributed by atoms with Crippen LogP contribution in [-0.4, -0.2) is 87.2 Å². The van der Waals surface area contributed by atoms with E-state index in [1.54, 1.807) is 12.3 Å². The van der Waals surface area contributed by atoms with Gasteiger partial charge in [0, 0.05) is 55.0 Å². The molecule has 3 aromatic rings. The molecule has 11 heteroatoms. The van der Waals surface area contributed by atoms with Crippen molar-refractivity contribution in [2.24, 2.45) is 0 Å². The van der Waals surface area contributed by atoms with Crippen LogP contribution >= 0.6 is 0 Å². The number of alkyl halides is 1. The van der Waals surface area contributed by atoms with E-state index in [1.807, 2.05) is 11.1 Å². The molecule has 2 aromatic heterocycles. The molecule has 4 fully saturated rings. The first-order valence-corrected chi connectivity index (χ1v) is 15.7. The van der Waals surface area contributed by atoms with E-state index < -0.39 is 17.9 Å². The average molecular weight is 605 g/mol. The maximum Gasteiger partial charge on any atom is 0.319 e. The monoisotopic (exact) mass is 604 g/mol. The van der Waals surface area contributed by atoms with Crippen LogP contribution in [0.5, 0.6) is 6.01 Å². The molecular weight excluding hydrogens is 569 g/mol. The minimum Gasteiger partial charge on any atom is -0.461 e. The predicted octanol–water partition coefficient (Wildman–Crippen LogP) is 4.94. The molecule has 0 N–H and O–H groups in total. The number of aryl methyl sites for hydroxylation is 1. The van der Waals surface area contributed by atoms with Crippen LogP contribution in [0, 0.1) is 5.82 Å². The SMILES string of the molecule is C=C(F)C(=O)N1CC[C@@H]2[C@H]1CN2c1nc(OC[C@]23CCCN2C[C@H](F)C3)nc2cc(-c3cncc4c3CCCC4)c(F)cc12. The van der Waals surface area contributed by atoms with Crippen molar-refractivity contribution >= 4 is 22.6 Å². The fourth-order valence-electron chi connectivity index (χ4n) is 8.41. The number of aromatic nitrogens is 3. The molecule has 6 heterocycles. The van der Waals surface area contributed by atoms with E-state index in [4.69, 9.17) is 14.7 Å². The molecule has 5 aliphatic rings. The van der Waals surface area contributed by atoms with Crippen molar-refractivity contribution in [2.75, 3.05) is 37.7 Å². The number of hydrogen-bond donors (Lipinski definition) is 0. The number of hydrogen-bond acceptors (Lipinski definition) is 7. The van der Waals surface area contributed by atoms with Crippen LogP contribution < -0.4 is 9.64 Å². The Bertz CT molecular complexity index is 1680. The molecule has 0 unspecified atom stereocenters. The number of rotatable bonds is 6. The van der Waals surface area contributed by atoms with Crippen LogP contribution in [0.4, 0.5) is 19.0 Å². The first-order valence-electron chi connectivity index (χ1n) is 15.7. The second-order valence-corrected chi connectivity index (χ2v) is 13.1. The van der Waals surface area contributed by atoms with Gasteiger partial charge in [0.2, 0.25) is 0 Å². The molecule has 8 rings (SSSR count). The van der Waals surface area contributed by atoms with Crippen molar-refractivity contribution in [3.63, 3.8) is 0 Å². The Morgan fingerprint density at radius 1 is 1.07 bits per heavy atom. The summed E-state index contributed by atoms with van der Waals surface area (Å²) in [6, 6.07) is 3.14. The first-order chi connectivity index (χ1) is 21.3. The van der Waals surface area contributed by atoms with E-state index in [1.165, 1.54) is 11.0 Å². The lowest BCUT2D eigenvalue weighted by Gasteiger charge is -2.47. The van der Waals surface area contributed by atoms with Crippen LogP contribution in [0.25, 0.3) is 22.0 Å². The number of carbonyl (C=O) groups excluding carboxylic acids is 1. The summed E-state index contributed by atoms with van der Waals surface area (Å²) >= 11 is 0. The third kappa shape index (κ3) is 4.37. The summed E-state index contributed by atoms with van der Waals surface area (Å²) in [5, 5.41) is 0.542. The van der Waals surface area contributed by atoms with Gasteiger partial charge in [-0.05, 0) is 74.8 Å². The minimum absolute atomic E-state index is 0.0941. The van der Waals surface area contributed by atoms with Crippen molar-refractivity contribution in [3.05, 3.63) is 53.9 Å². The quantitative estimate of drug-likeness (QED) is 0.369. The number of halogens is 3. The summed E-state index contributed by atoms with van der Waals surface area (Å²) in [5.74, 6) is -1.52. The Kier molecular flexibility index (Phi) is 6.59. The van der Waals surface area contributed by atoms with E-state index in [-0.39, 0.29) is 36.1 Å². The number of benzene rings is 1. The molecule has 0 bridgehead atoms. The van der Waals surface area contributed by atoms with Crippen molar-refractivity contribution < 1.29 is 22.7 Å². The maximum absolute atomic E-state index is 16.0. The molecule has 44 heavy (non-hydrogen) atoms. The van der Waals surface area contributed by atoms with Gasteiger partial charge in [0.15, 0.2) is 5.83 Å². The van der Waals surface area contributed by atoms with Gasteiger partial charge in [-0.25, -0.2) is 13.2 Å². The van der Waals surface area contributed by atoms with Crippen LogP contribution in [-0.2, 0) is 17.6 Å². The van der Waals surface area contributed by atoms with Gasteiger partial charge in [0.25, 0.3) is 5.91 Å². The maximum atomic E-state index is 16.0. The normalized spacial score (nSPS) is 27.7. The number of amides is 1. The lowest BCUT2D eigenvalue weighted by molar-refractivity contribution is -0.130. The Labute approximate surface area is 253 Å². The molecule has 1 aliphatic carbocycles. The summed E-state index contributed by atoms with van der Waals surface area (Å²) in [6.45, 7) is 5.56. The highest BCUT2D eigenvalue weighted by molar-refractivity contribution is 5.95. The first kappa shape index (κ1) is 27.8. The smallest absolute Gasteiger partial charge is 0.319 e. The van der Waals surface area contributed by atoms with Gasteiger partial charge in [0.05, 0.1) is 23.1 Å². The highest BCUT2D eigenvalue weighted by Crippen LogP contribution is 2.43. The molecule has 4 saturated heterocycles. The number of pyridine rings is 1. The average Bonchev–Trinajstić information content (AvgIpc) is 3.64. The third-order valence-electron chi connectivity index (χ3n) is 10.6. The summed E-state index contributed by atoms with van der Waals surface area (Å²) in [5.41, 5.74) is 3.68. The number of ether oxygens (including phenoxy) is 1. The second kappa shape index (κ2) is 10.4. The van der Waals surface area contributed by atoms with Gasteiger partial charge in [-0.1, -0.05) is 6.58 Å². The van der Waals surface area contributed by atoms with Crippen molar-refractivity contribution in [1.29, 1.82) is 0 Å². The zero-order valence-corrected chi connectivity index (χ0v) is 24.6. The Hall–Kier alpha value is -3.73. The molecule has 8 nitrogen and oxygen atoms in total. The predicted molar refractivity (Wildman–Crippen MR) is 159 cm³/mol. The summed E-state index contributed by atoms with van der Waals surface area (Å²) in [6.07, 6.45) is 9.59. The number of likely N-dealkylation sites (tertiary alicyclic amines) is 1. The Balaban J connectivity index is 1.18. The molecule has 1 amide bonds. The van der Waals surface area contributed by atoms with E-state index in [0.717, 1.165) is 61.8 Å². The number of carbonyl (C=O) groups is 1. The lowest BCUT2D eigenvalue weighted by Crippen LogP contribution is -2.63. The number of fused-ring (bicyclic) bond motifs is 4. The fourth-order valence-corrected chi connectivity index (χ4v) is 8.41. The molecule has 1 aromatic carbocycles. The minimum atomic E-state index is -0.970. The highest BCUT2D eigenvalue weighted by atomic mass is 19.1. The largest absolute Gasteiger partial charge is 0.461 e. The number of anilines is 1. The van der Waals surface area contributed by atoms with Crippen LogP contribution in [0.2, 0.25) is 0 Å². The van der Waals surface area contributed by atoms with Crippen molar-refractivity contribution in [2.45, 2.75) is 75.2 Å². The zero-order valence-electron chi connectivity index (χ0n) is 24.6. The van der Waals surface area contributed by atoms with Gasteiger partial charge >= 0.3 is 6.01 Å². The summed E-state index contributed by atoms with van der Waals surface area (Å²) in [7, 11) is 0. The topological polar surface area (TPSA) is 74.7 Å². The highest BCUT2D eigenvalue weighted by Gasteiger charge is 2.51. The molecule has 0 spiro atoms. The van der Waals surface area contributed by atoms with Gasteiger partial charge in [0.1, 0.15) is 24.4 Å². The van der Waals surface area contributed by atoms with Gasteiger partial charge in [-0.15, -0.1) is 0 Å². The van der Waals surface area contributed by atoms with Gasteiger partial charge in [-0.3, -0.25) is 14.7 Å². The van der Waals surface area contributed by atoms with E-state index in [9.17, 15) is 13.6 Å². The van der Waals surface area contributed by atoms with Crippen LogP contribution in [0.3, 0.4) is 0 Å². The molecule has 4 atom stereocenters. The lowest BCUT2D eigenvalue weighted by atomic mass is 9.87. The van der Waals surface area contributed by atoms with Gasteiger partial charge < -0.3 is 14.5 Å². The molecule has 4 aliphatic heterocycles. The number of nitrogens with zero attached hydrogens (tertiary/aromatic N) is 6. The Morgan fingerprint density at radius 3 is 2.80 bits per heavy atom. The van der Waals surface area contributed by atoms with Gasteiger partial charge in [-0.2, -0.15) is 9.97 Å². The van der Waals surface area contributed by atoms with Crippen LogP contribution in [0.1, 0.15) is 49.7 Å². The molecule has 0 radical (unpaired) electrons. The molecular formula is C33H35F3N6O2. The second-order valence-electron chi connectivity index (χ2n) is 13.1. The van der Waals surface area contributed by atoms with Crippen molar-refractivity contribution in [3.8, 4) is 17.1 Å². The fraction of sp³-hybridized carbons (Fsp3) is 0.515. The third-order valence-corrected chi connectivity index (χ3v) is 10.6. The molecule has 230 valence electrons.